The van der Waals surface area contributed by atoms with Crippen LogP contribution in [0, 0.1) is 5.92 Å². The van der Waals surface area contributed by atoms with Gasteiger partial charge in [0.15, 0.2) is 0 Å². The fraction of sp³-hybridized carbons (Fsp3) is 0.583. The van der Waals surface area contributed by atoms with Crippen molar-refractivity contribution in [3.05, 3.63) is 16.9 Å². The molecule has 0 amide bonds. The Morgan fingerprint density at radius 2 is 2.12 bits per heavy atom. The standard InChI is InChI=1S/C12H19BrN4/c1-8-6-17(7-11(8)16(2)3)12-9(13)4-15-5-10(12)14/h4-5,8,11H,6-7,14H2,1-3H3. The van der Waals surface area contributed by atoms with E-state index in [1.54, 1.807) is 12.4 Å². The number of nitrogen functional groups attached to an aromatic ring is 1. The molecule has 1 aromatic rings. The molecule has 0 aliphatic carbocycles. The van der Waals surface area contributed by atoms with Crippen molar-refractivity contribution in [1.29, 1.82) is 0 Å². The van der Waals surface area contributed by atoms with Crippen molar-refractivity contribution in [2.75, 3.05) is 37.8 Å². The van der Waals surface area contributed by atoms with Gasteiger partial charge in [0.2, 0.25) is 0 Å². The van der Waals surface area contributed by atoms with Gasteiger partial charge in [0.05, 0.1) is 22.0 Å². The van der Waals surface area contributed by atoms with Crippen LogP contribution in [-0.2, 0) is 0 Å². The number of nitrogens with zero attached hydrogens (tertiary/aromatic N) is 3. The van der Waals surface area contributed by atoms with Gasteiger partial charge >= 0.3 is 0 Å². The third kappa shape index (κ3) is 2.40. The van der Waals surface area contributed by atoms with Gasteiger partial charge in [-0.15, -0.1) is 0 Å². The van der Waals surface area contributed by atoms with E-state index in [4.69, 9.17) is 5.73 Å². The number of aromatic nitrogens is 1. The Balaban J connectivity index is 2.26. The number of halogens is 1. The van der Waals surface area contributed by atoms with Gasteiger partial charge < -0.3 is 15.5 Å². The van der Waals surface area contributed by atoms with E-state index in [-0.39, 0.29) is 0 Å². The first-order chi connectivity index (χ1) is 8.00. The first-order valence-corrected chi connectivity index (χ1v) is 6.60. The van der Waals surface area contributed by atoms with Crippen molar-refractivity contribution >= 4 is 27.3 Å². The highest BCUT2D eigenvalue weighted by molar-refractivity contribution is 9.10. The number of hydrogen-bond donors (Lipinski definition) is 1. The molecule has 1 aliphatic heterocycles. The van der Waals surface area contributed by atoms with Crippen molar-refractivity contribution in [2.24, 2.45) is 5.92 Å². The van der Waals surface area contributed by atoms with E-state index in [1.807, 2.05) is 0 Å². The lowest BCUT2D eigenvalue weighted by molar-refractivity contribution is 0.266. The summed E-state index contributed by atoms with van der Waals surface area (Å²) in [4.78, 5) is 8.71. The zero-order valence-electron chi connectivity index (χ0n) is 10.5. The third-order valence-electron chi connectivity index (χ3n) is 3.45. The number of likely N-dealkylation sites (N-methyl/N-ethyl adjacent to an activating group) is 1. The summed E-state index contributed by atoms with van der Waals surface area (Å²) in [6.07, 6.45) is 3.52. The topological polar surface area (TPSA) is 45.4 Å². The van der Waals surface area contributed by atoms with Crippen molar-refractivity contribution in [3.63, 3.8) is 0 Å². The highest BCUT2D eigenvalue weighted by Crippen LogP contribution is 2.35. The number of nitrogens with two attached hydrogens (primary N) is 1. The molecule has 0 saturated carbocycles. The van der Waals surface area contributed by atoms with Crippen LogP contribution in [-0.4, -0.2) is 43.1 Å². The molecule has 2 atom stereocenters. The zero-order valence-corrected chi connectivity index (χ0v) is 12.1. The van der Waals surface area contributed by atoms with E-state index in [1.165, 1.54) is 0 Å². The molecule has 1 saturated heterocycles. The molecule has 0 bridgehead atoms. The third-order valence-corrected chi connectivity index (χ3v) is 4.03. The van der Waals surface area contributed by atoms with Gasteiger partial charge in [-0.05, 0) is 35.9 Å². The minimum absolute atomic E-state index is 0.578. The predicted molar refractivity (Wildman–Crippen MR) is 75.2 cm³/mol. The Hall–Kier alpha value is -0.810. The maximum absolute atomic E-state index is 6.02. The molecule has 0 radical (unpaired) electrons. The summed E-state index contributed by atoms with van der Waals surface area (Å²) in [6, 6.07) is 0.578. The summed E-state index contributed by atoms with van der Waals surface area (Å²) in [5.41, 5.74) is 7.84. The predicted octanol–water partition coefficient (Wildman–Crippen LogP) is 1.81. The molecule has 4 nitrogen and oxygen atoms in total. The summed E-state index contributed by atoms with van der Waals surface area (Å²) >= 11 is 3.54. The number of pyridine rings is 1. The van der Waals surface area contributed by atoms with E-state index in [2.05, 4.69) is 51.7 Å². The van der Waals surface area contributed by atoms with E-state index >= 15 is 0 Å². The van der Waals surface area contributed by atoms with Crippen LogP contribution in [0.2, 0.25) is 0 Å². The minimum Gasteiger partial charge on any atom is -0.396 e. The largest absolute Gasteiger partial charge is 0.396 e. The molecule has 2 unspecified atom stereocenters. The average molecular weight is 299 g/mol. The van der Waals surface area contributed by atoms with E-state index < -0.39 is 0 Å². The second-order valence-corrected chi connectivity index (χ2v) is 5.83. The summed E-state index contributed by atoms with van der Waals surface area (Å²) in [7, 11) is 4.27. The van der Waals surface area contributed by atoms with Gasteiger partial charge in [0.1, 0.15) is 0 Å². The second kappa shape index (κ2) is 4.82. The maximum Gasteiger partial charge on any atom is 0.0776 e. The van der Waals surface area contributed by atoms with Crippen molar-refractivity contribution in [3.8, 4) is 0 Å². The average Bonchev–Trinajstić information content (AvgIpc) is 2.60. The first kappa shape index (κ1) is 12.6. The number of hydrogen-bond acceptors (Lipinski definition) is 4. The SMILES string of the molecule is CC1CN(c2c(N)cncc2Br)CC1N(C)C. The molecular weight excluding hydrogens is 280 g/mol. The minimum atomic E-state index is 0.578. The zero-order chi connectivity index (χ0) is 12.6. The summed E-state index contributed by atoms with van der Waals surface area (Å²) < 4.78 is 0.976. The fourth-order valence-corrected chi connectivity index (χ4v) is 3.18. The van der Waals surface area contributed by atoms with E-state index in [9.17, 15) is 0 Å². The highest BCUT2D eigenvalue weighted by Gasteiger charge is 2.32. The normalized spacial score (nSPS) is 24.6. The van der Waals surface area contributed by atoms with Gasteiger partial charge in [0.25, 0.3) is 0 Å². The molecule has 1 aromatic heterocycles. The Morgan fingerprint density at radius 3 is 2.65 bits per heavy atom. The lowest BCUT2D eigenvalue weighted by atomic mass is 10.1. The van der Waals surface area contributed by atoms with Crippen LogP contribution in [0.25, 0.3) is 0 Å². The summed E-state index contributed by atoms with van der Waals surface area (Å²) in [5.74, 6) is 0.643. The maximum atomic E-state index is 6.02. The Morgan fingerprint density at radius 1 is 1.41 bits per heavy atom. The molecule has 94 valence electrons. The highest BCUT2D eigenvalue weighted by atomic mass is 79.9. The van der Waals surface area contributed by atoms with Crippen molar-refractivity contribution in [2.45, 2.75) is 13.0 Å². The van der Waals surface area contributed by atoms with Crippen LogP contribution >= 0.6 is 15.9 Å². The smallest absolute Gasteiger partial charge is 0.0776 e. The van der Waals surface area contributed by atoms with Crippen LogP contribution in [0.3, 0.4) is 0 Å². The number of rotatable bonds is 2. The molecule has 5 heteroatoms. The van der Waals surface area contributed by atoms with Crippen LogP contribution in [0.1, 0.15) is 6.92 Å². The Bertz CT molecular complexity index is 387. The second-order valence-electron chi connectivity index (χ2n) is 4.97. The van der Waals surface area contributed by atoms with Crippen molar-refractivity contribution in [1.82, 2.24) is 9.88 Å². The van der Waals surface area contributed by atoms with Gasteiger partial charge in [-0.25, -0.2) is 0 Å². The van der Waals surface area contributed by atoms with Gasteiger partial charge in [0, 0.05) is 25.3 Å². The van der Waals surface area contributed by atoms with Gasteiger partial charge in [-0.1, -0.05) is 6.92 Å². The monoisotopic (exact) mass is 298 g/mol. The Labute approximate surface area is 111 Å². The summed E-state index contributed by atoms with van der Waals surface area (Å²) in [6.45, 7) is 4.34. The summed E-state index contributed by atoms with van der Waals surface area (Å²) in [5, 5.41) is 0. The van der Waals surface area contributed by atoms with E-state index in [0.29, 0.717) is 12.0 Å². The van der Waals surface area contributed by atoms with Crippen LogP contribution in [0.4, 0.5) is 11.4 Å². The first-order valence-electron chi connectivity index (χ1n) is 5.81. The lowest BCUT2D eigenvalue weighted by Crippen LogP contribution is -2.34. The molecule has 0 spiro atoms. The molecule has 2 heterocycles. The van der Waals surface area contributed by atoms with Crippen molar-refractivity contribution < 1.29 is 0 Å². The quantitative estimate of drug-likeness (QED) is 0.905. The number of anilines is 2. The molecule has 1 aliphatic rings. The lowest BCUT2D eigenvalue weighted by Gasteiger charge is -2.24. The van der Waals surface area contributed by atoms with Gasteiger partial charge in [-0.3, -0.25) is 4.98 Å². The van der Waals surface area contributed by atoms with Crippen LogP contribution < -0.4 is 10.6 Å². The van der Waals surface area contributed by atoms with Crippen LogP contribution in [0.15, 0.2) is 16.9 Å². The molecule has 2 N–H and O–H groups in total. The van der Waals surface area contributed by atoms with Crippen LogP contribution in [0.5, 0.6) is 0 Å². The van der Waals surface area contributed by atoms with E-state index in [0.717, 1.165) is 28.9 Å². The molecule has 2 rings (SSSR count). The fourth-order valence-electron chi connectivity index (χ4n) is 2.58. The molecule has 17 heavy (non-hydrogen) atoms. The molecule has 0 aromatic carbocycles. The Kier molecular flexibility index (Phi) is 3.58. The molecular formula is C12H19BrN4. The molecule has 1 fully saturated rings. The van der Waals surface area contributed by atoms with Gasteiger partial charge in [-0.2, -0.15) is 0 Å².